The average molecular weight is 278 g/mol. The second kappa shape index (κ2) is 5.85. The van der Waals surface area contributed by atoms with E-state index in [-0.39, 0.29) is 18.5 Å². The molecule has 0 radical (unpaired) electrons. The first kappa shape index (κ1) is 14.2. The molecule has 1 atom stereocenters. The highest BCUT2D eigenvalue weighted by atomic mass is 16.4. The standard InChI is InChI=1S/C13H18N4O3/c1-2-13(10(18)19)5-3-8-17(9-13)12(20)16-11-14-6-4-7-15-11/h4,6-7H,2-3,5,8-9H2,1H3,(H,18,19)(H,14,15,16,20). The van der Waals surface area contributed by atoms with Gasteiger partial charge in [-0.1, -0.05) is 6.92 Å². The van der Waals surface area contributed by atoms with E-state index in [9.17, 15) is 14.7 Å². The SMILES string of the molecule is CCC1(C(=O)O)CCCN(C(=O)Nc2ncccn2)C1. The molecule has 2 heterocycles. The van der Waals surface area contributed by atoms with Crippen LogP contribution in [0.4, 0.5) is 10.7 Å². The van der Waals surface area contributed by atoms with Gasteiger partial charge in [0.25, 0.3) is 0 Å². The van der Waals surface area contributed by atoms with Crippen molar-refractivity contribution in [2.24, 2.45) is 5.41 Å². The molecule has 7 nitrogen and oxygen atoms in total. The van der Waals surface area contributed by atoms with Gasteiger partial charge in [0.05, 0.1) is 5.41 Å². The molecule has 2 rings (SSSR count). The van der Waals surface area contributed by atoms with Crippen molar-refractivity contribution < 1.29 is 14.7 Å². The van der Waals surface area contributed by atoms with E-state index in [4.69, 9.17) is 0 Å². The van der Waals surface area contributed by atoms with Crippen molar-refractivity contribution >= 4 is 17.9 Å². The van der Waals surface area contributed by atoms with Crippen LogP contribution in [-0.2, 0) is 4.79 Å². The Balaban J connectivity index is 2.05. The van der Waals surface area contributed by atoms with E-state index < -0.39 is 11.4 Å². The summed E-state index contributed by atoms with van der Waals surface area (Å²) in [4.78, 5) is 32.9. The molecule has 0 spiro atoms. The van der Waals surface area contributed by atoms with Gasteiger partial charge in [0.15, 0.2) is 0 Å². The molecule has 20 heavy (non-hydrogen) atoms. The number of nitrogens with one attached hydrogen (secondary N) is 1. The summed E-state index contributed by atoms with van der Waals surface area (Å²) >= 11 is 0. The van der Waals surface area contributed by atoms with Gasteiger partial charge < -0.3 is 10.0 Å². The summed E-state index contributed by atoms with van der Waals surface area (Å²) in [5.74, 6) is -0.617. The molecule has 1 aromatic heterocycles. The number of carbonyl (C=O) groups excluding carboxylic acids is 1. The van der Waals surface area contributed by atoms with Gasteiger partial charge in [0.2, 0.25) is 5.95 Å². The summed E-state index contributed by atoms with van der Waals surface area (Å²) in [5.41, 5.74) is -0.840. The smallest absolute Gasteiger partial charge is 0.324 e. The van der Waals surface area contributed by atoms with Crippen LogP contribution in [0.3, 0.4) is 0 Å². The minimum atomic E-state index is -0.840. The third-order valence-corrected chi connectivity index (χ3v) is 3.78. The molecule has 1 saturated heterocycles. The fourth-order valence-corrected chi connectivity index (χ4v) is 2.46. The van der Waals surface area contributed by atoms with Crippen molar-refractivity contribution in [3.05, 3.63) is 18.5 Å². The number of aliphatic carboxylic acids is 1. The molecule has 1 aromatic rings. The molecule has 1 fully saturated rings. The molecule has 0 saturated carbocycles. The normalized spacial score (nSPS) is 22.4. The quantitative estimate of drug-likeness (QED) is 0.875. The maximum absolute atomic E-state index is 12.1. The summed E-state index contributed by atoms with van der Waals surface area (Å²) in [6.45, 7) is 2.61. The number of carbonyl (C=O) groups is 2. The highest BCUT2D eigenvalue weighted by Crippen LogP contribution is 2.33. The van der Waals surface area contributed by atoms with Gasteiger partial charge in [-0.05, 0) is 25.3 Å². The molecule has 0 aromatic carbocycles. The molecule has 1 aliphatic rings. The Labute approximate surface area is 117 Å². The molecule has 1 aliphatic heterocycles. The topological polar surface area (TPSA) is 95.4 Å². The average Bonchev–Trinajstić information content (AvgIpc) is 2.48. The van der Waals surface area contributed by atoms with E-state index in [1.54, 1.807) is 6.07 Å². The van der Waals surface area contributed by atoms with E-state index >= 15 is 0 Å². The number of rotatable bonds is 3. The Kier molecular flexibility index (Phi) is 4.16. The first-order valence-corrected chi connectivity index (χ1v) is 6.64. The zero-order chi connectivity index (χ0) is 14.6. The Bertz CT molecular complexity index is 494. The minimum Gasteiger partial charge on any atom is -0.481 e. The van der Waals surface area contributed by atoms with Gasteiger partial charge in [0.1, 0.15) is 0 Å². The second-order valence-electron chi connectivity index (χ2n) is 4.97. The monoisotopic (exact) mass is 278 g/mol. The summed E-state index contributed by atoms with van der Waals surface area (Å²) in [7, 11) is 0. The van der Waals surface area contributed by atoms with Crippen molar-refractivity contribution in [3.63, 3.8) is 0 Å². The molecule has 2 amide bonds. The summed E-state index contributed by atoms with van der Waals surface area (Å²) < 4.78 is 0. The van der Waals surface area contributed by atoms with Crippen molar-refractivity contribution in [3.8, 4) is 0 Å². The van der Waals surface area contributed by atoms with Crippen LogP contribution in [0, 0.1) is 5.41 Å². The summed E-state index contributed by atoms with van der Waals surface area (Å²) in [6.07, 6.45) is 4.86. The Morgan fingerprint density at radius 3 is 2.75 bits per heavy atom. The Morgan fingerprint density at radius 2 is 2.15 bits per heavy atom. The van der Waals surface area contributed by atoms with Crippen LogP contribution in [0.25, 0.3) is 0 Å². The number of piperidine rings is 1. The predicted octanol–water partition coefficient (Wildman–Crippen LogP) is 1.59. The largest absolute Gasteiger partial charge is 0.481 e. The molecular weight excluding hydrogens is 260 g/mol. The molecule has 2 N–H and O–H groups in total. The minimum absolute atomic E-state index is 0.220. The zero-order valence-electron chi connectivity index (χ0n) is 11.4. The molecule has 108 valence electrons. The molecule has 1 unspecified atom stereocenters. The van der Waals surface area contributed by atoms with Crippen LogP contribution < -0.4 is 5.32 Å². The Morgan fingerprint density at radius 1 is 1.45 bits per heavy atom. The lowest BCUT2D eigenvalue weighted by Gasteiger charge is -2.39. The van der Waals surface area contributed by atoms with Crippen LogP contribution in [0.2, 0.25) is 0 Å². The molecular formula is C13H18N4O3. The molecule has 7 heteroatoms. The van der Waals surface area contributed by atoms with E-state index in [1.807, 2.05) is 6.92 Å². The zero-order valence-corrected chi connectivity index (χ0v) is 11.4. The third-order valence-electron chi connectivity index (χ3n) is 3.78. The van der Waals surface area contributed by atoms with E-state index in [0.29, 0.717) is 25.8 Å². The Hall–Kier alpha value is -2.18. The maximum Gasteiger partial charge on any atom is 0.324 e. The van der Waals surface area contributed by atoms with Gasteiger partial charge in [-0.25, -0.2) is 14.8 Å². The maximum atomic E-state index is 12.1. The highest BCUT2D eigenvalue weighted by molar-refractivity contribution is 5.88. The van der Waals surface area contributed by atoms with Gasteiger partial charge in [-0.2, -0.15) is 0 Å². The third kappa shape index (κ3) is 2.87. The van der Waals surface area contributed by atoms with Crippen LogP contribution in [0.15, 0.2) is 18.5 Å². The number of aromatic nitrogens is 2. The first-order chi connectivity index (χ1) is 9.57. The van der Waals surface area contributed by atoms with Crippen LogP contribution >= 0.6 is 0 Å². The number of hydrogen-bond acceptors (Lipinski definition) is 4. The van der Waals surface area contributed by atoms with E-state index in [1.165, 1.54) is 17.3 Å². The van der Waals surface area contributed by atoms with Crippen molar-refractivity contribution in [1.82, 2.24) is 14.9 Å². The van der Waals surface area contributed by atoms with Gasteiger partial charge in [-0.15, -0.1) is 0 Å². The van der Waals surface area contributed by atoms with Crippen LogP contribution in [0.5, 0.6) is 0 Å². The lowest BCUT2D eigenvalue weighted by molar-refractivity contribution is -0.152. The lowest BCUT2D eigenvalue weighted by Crippen LogP contribution is -2.50. The lowest BCUT2D eigenvalue weighted by atomic mass is 9.78. The van der Waals surface area contributed by atoms with Crippen molar-refractivity contribution in [2.45, 2.75) is 26.2 Å². The van der Waals surface area contributed by atoms with E-state index in [0.717, 1.165) is 0 Å². The predicted molar refractivity (Wildman–Crippen MR) is 72.2 cm³/mol. The first-order valence-electron chi connectivity index (χ1n) is 6.64. The number of likely N-dealkylation sites (tertiary alicyclic amines) is 1. The van der Waals surface area contributed by atoms with Gasteiger partial charge in [-0.3, -0.25) is 10.1 Å². The number of urea groups is 1. The van der Waals surface area contributed by atoms with Crippen LogP contribution in [0.1, 0.15) is 26.2 Å². The molecule has 0 bridgehead atoms. The van der Waals surface area contributed by atoms with Gasteiger partial charge >= 0.3 is 12.0 Å². The summed E-state index contributed by atoms with van der Waals surface area (Å²) in [6, 6.07) is 1.30. The highest BCUT2D eigenvalue weighted by Gasteiger charge is 2.42. The number of hydrogen-bond donors (Lipinski definition) is 2. The number of carboxylic acid groups (broad SMARTS) is 1. The summed E-state index contributed by atoms with van der Waals surface area (Å²) in [5, 5.41) is 12.0. The second-order valence-corrected chi connectivity index (χ2v) is 4.97. The molecule has 0 aliphatic carbocycles. The van der Waals surface area contributed by atoms with E-state index in [2.05, 4.69) is 15.3 Å². The van der Waals surface area contributed by atoms with Crippen molar-refractivity contribution in [1.29, 1.82) is 0 Å². The fourth-order valence-electron chi connectivity index (χ4n) is 2.46. The number of nitrogens with zero attached hydrogens (tertiary/aromatic N) is 3. The number of amides is 2. The van der Waals surface area contributed by atoms with Crippen molar-refractivity contribution in [2.75, 3.05) is 18.4 Å². The fraction of sp³-hybridized carbons (Fsp3) is 0.538. The number of carboxylic acids is 1. The van der Waals surface area contributed by atoms with Crippen LogP contribution in [-0.4, -0.2) is 45.1 Å². The van der Waals surface area contributed by atoms with Gasteiger partial charge in [0, 0.05) is 25.5 Å². The number of anilines is 1.